The third kappa shape index (κ3) is 8.47. The maximum absolute atomic E-state index is 12.8. The molecule has 0 saturated carbocycles. The number of nitrogens with two attached hydrogens (primary N) is 1. The predicted octanol–water partition coefficient (Wildman–Crippen LogP) is 4.88. The summed E-state index contributed by atoms with van der Waals surface area (Å²) in [6, 6.07) is 2.88. The minimum atomic E-state index is -4.37. The lowest BCUT2D eigenvalue weighted by molar-refractivity contribution is -0.137. The second kappa shape index (κ2) is 8.79. The summed E-state index contributed by atoms with van der Waals surface area (Å²) >= 11 is 0. The van der Waals surface area contributed by atoms with E-state index in [4.69, 9.17) is 5.73 Å². The molecular formula is C17H27F3N2O. The third-order valence-corrected chi connectivity index (χ3v) is 3.13. The molecule has 0 unspecified atom stereocenters. The van der Waals surface area contributed by atoms with Crippen LogP contribution in [-0.2, 0) is 19.1 Å². The van der Waals surface area contributed by atoms with Gasteiger partial charge in [0, 0.05) is 6.54 Å². The molecule has 2 amide bonds. The summed E-state index contributed by atoms with van der Waals surface area (Å²) < 4.78 is 38.4. The molecule has 23 heavy (non-hydrogen) atoms. The molecule has 0 saturated heterocycles. The average Bonchev–Trinajstić information content (AvgIpc) is 2.43. The monoisotopic (exact) mass is 332 g/mol. The van der Waals surface area contributed by atoms with Gasteiger partial charge < -0.3 is 11.1 Å². The molecule has 0 bridgehead atoms. The van der Waals surface area contributed by atoms with Crippen molar-refractivity contribution in [2.45, 2.75) is 60.2 Å². The first-order valence-corrected chi connectivity index (χ1v) is 7.71. The van der Waals surface area contributed by atoms with E-state index >= 15 is 0 Å². The zero-order chi connectivity index (χ0) is 18.3. The molecule has 0 fully saturated rings. The molecule has 3 nitrogen and oxygen atoms in total. The van der Waals surface area contributed by atoms with Crippen molar-refractivity contribution >= 4 is 6.03 Å². The van der Waals surface area contributed by atoms with E-state index in [1.807, 2.05) is 34.6 Å². The first kappa shape index (κ1) is 21.3. The highest BCUT2D eigenvalue weighted by atomic mass is 19.4. The summed E-state index contributed by atoms with van der Waals surface area (Å²) in [6.45, 7) is 10.2. The van der Waals surface area contributed by atoms with Gasteiger partial charge in [0.2, 0.25) is 0 Å². The maximum atomic E-state index is 12.8. The highest BCUT2D eigenvalue weighted by Crippen LogP contribution is 2.32. The lowest BCUT2D eigenvalue weighted by atomic mass is 9.87. The van der Waals surface area contributed by atoms with Gasteiger partial charge in [-0.15, -0.1) is 0 Å². The zero-order valence-electron chi connectivity index (χ0n) is 14.5. The number of hydrogen-bond acceptors (Lipinski definition) is 1. The number of aryl methyl sites for hydroxylation is 1. The Morgan fingerprint density at radius 3 is 2.13 bits per heavy atom. The number of carbonyl (C=O) groups excluding carboxylic acids is 1. The van der Waals surface area contributed by atoms with Crippen molar-refractivity contribution in [3.8, 4) is 0 Å². The van der Waals surface area contributed by atoms with E-state index in [1.165, 1.54) is 6.07 Å². The van der Waals surface area contributed by atoms with Gasteiger partial charge in [0.15, 0.2) is 0 Å². The van der Waals surface area contributed by atoms with Crippen molar-refractivity contribution in [1.82, 2.24) is 5.32 Å². The number of hydrogen-bond donors (Lipinski definition) is 2. The minimum absolute atomic E-state index is 0.0165. The van der Waals surface area contributed by atoms with Crippen LogP contribution in [0.4, 0.5) is 18.0 Å². The van der Waals surface area contributed by atoms with Crippen LogP contribution in [0.3, 0.4) is 0 Å². The summed E-state index contributed by atoms with van der Waals surface area (Å²) in [7, 11) is 0. The molecule has 0 radical (unpaired) electrons. The maximum Gasteiger partial charge on any atom is 0.416 e. The van der Waals surface area contributed by atoms with Gasteiger partial charge in [-0.3, -0.25) is 0 Å². The zero-order valence-corrected chi connectivity index (χ0v) is 14.5. The third-order valence-electron chi connectivity index (χ3n) is 3.13. The highest BCUT2D eigenvalue weighted by Gasteiger charge is 2.31. The molecule has 0 aliphatic rings. The van der Waals surface area contributed by atoms with Crippen LogP contribution in [0.2, 0.25) is 0 Å². The summed E-state index contributed by atoms with van der Waals surface area (Å²) in [4.78, 5) is 10.8. The fraction of sp³-hybridized carbons (Fsp3) is 0.588. The van der Waals surface area contributed by atoms with Crippen LogP contribution in [-0.4, -0.2) is 6.03 Å². The van der Waals surface area contributed by atoms with Crippen molar-refractivity contribution in [3.05, 3.63) is 34.9 Å². The van der Waals surface area contributed by atoms with Crippen molar-refractivity contribution in [1.29, 1.82) is 0 Å². The Hall–Kier alpha value is -1.72. The van der Waals surface area contributed by atoms with Crippen LogP contribution in [0.15, 0.2) is 18.2 Å². The van der Waals surface area contributed by atoms with Crippen molar-refractivity contribution in [2.75, 3.05) is 0 Å². The Kier molecular flexibility index (Phi) is 8.14. The van der Waals surface area contributed by atoms with Crippen LogP contribution in [0.5, 0.6) is 0 Å². The van der Waals surface area contributed by atoms with E-state index < -0.39 is 17.8 Å². The normalized spacial score (nSPS) is 11.5. The molecule has 1 rings (SSSR count). The fourth-order valence-electron chi connectivity index (χ4n) is 1.90. The topological polar surface area (TPSA) is 55.1 Å². The fourth-order valence-corrected chi connectivity index (χ4v) is 1.90. The number of rotatable bonds is 4. The van der Waals surface area contributed by atoms with E-state index in [0.717, 1.165) is 18.6 Å². The quantitative estimate of drug-likeness (QED) is 0.811. The predicted molar refractivity (Wildman–Crippen MR) is 87.0 cm³/mol. The summed E-state index contributed by atoms with van der Waals surface area (Å²) in [5.74, 6) is 0. The molecular weight excluding hydrogens is 305 g/mol. The van der Waals surface area contributed by atoms with Gasteiger partial charge in [-0.25, -0.2) is 4.79 Å². The standard InChI is InChI=1S/C15H21F3N2O.C2H6/c1-14(2,3)7-6-10-8-12(15(16,17)18)5-4-11(10)9-20-13(19)21;1-2/h4-5,8H,6-7,9H2,1-3H3,(H3,19,20,21);1-2H3. The smallest absolute Gasteiger partial charge is 0.352 e. The van der Waals surface area contributed by atoms with Gasteiger partial charge in [0.05, 0.1) is 5.56 Å². The molecule has 0 aromatic heterocycles. The van der Waals surface area contributed by atoms with Crippen LogP contribution < -0.4 is 11.1 Å². The van der Waals surface area contributed by atoms with E-state index in [-0.39, 0.29) is 12.0 Å². The first-order chi connectivity index (χ1) is 10.5. The number of urea groups is 1. The van der Waals surface area contributed by atoms with Crippen molar-refractivity contribution < 1.29 is 18.0 Å². The molecule has 0 heterocycles. The molecule has 0 aliphatic carbocycles. The number of nitrogens with one attached hydrogen (secondary N) is 1. The molecule has 0 spiro atoms. The van der Waals surface area contributed by atoms with E-state index in [1.54, 1.807) is 0 Å². The molecule has 1 aromatic carbocycles. The number of primary amides is 1. The number of benzene rings is 1. The summed E-state index contributed by atoms with van der Waals surface area (Å²) in [5.41, 5.74) is 5.60. The van der Waals surface area contributed by atoms with Gasteiger partial charge in [0.1, 0.15) is 0 Å². The van der Waals surface area contributed by atoms with Gasteiger partial charge in [0.25, 0.3) is 0 Å². The van der Waals surface area contributed by atoms with Gasteiger partial charge in [-0.2, -0.15) is 13.2 Å². The van der Waals surface area contributed by atoms with Gasteiger partial charge in [-0.1, -0.05) is 40.7 Å². The molecule has 3 N–H and O–H groups in total. The largest absolute Gasteiger partial charge is 0.416 e. The van der Waals surface area contributed by atoms with Crippen molar-refractivity contribution in [2.24, 2.45) is 11.1 Å². The number of alkyl halides is 3. The van der Waals surface area contributed by atoms with Gasteiger partial charge >= 0.3 is 12.2 Å². The Bertz CT molecular complexity index is 506. The van der Waals surface area contributed by atoms with Crippen LogP contribution >= 0.6 is 0 Å². The Morgan fingerprint density at radius 2 is 1.70 bits per heavy atom. The van der Waals surface area contributed by atoms with E-state index in [9.17, 15) is 18.0 Å². The number of carbonyl (C=O) groups is 1. The second-order valence-corrected chi connectivity index (χ2v) is 6.26. The molecule has 1 aromatic rings. The van der Waals surface area contributed by atoms with E-state index in [0.29, 0.717) is 17.5 Å². The van der Waals surface area contributed by atoms with Crippen LogP contribution in [0.25, 0.3) is 0 Å². The molecule has 6 heteroatoms. The van der Waals surface area contributed by atoms with Crippen molar-refractivity contribution in [3.63, 3.8) is 0 Å². The summed E-state index contributed by atoms with van der Waals surface area (Å²) in [6.07, 6.45) is -3.10. The minimum Gasteiger partial charge on any atom is -0.352 e. The Balaban J connectivity index is 0.00000232. The van der Waals surface area contributed by atoms with Crippen LogP contribution in [0.1, 0.15) is 57.7 Å². The summed E-state index contributed by atoms with van der Waals surface area (Å²) in [5, 5.41) is 2.42. The van der Waals surface area contributed by atoms with Gasteiger partial charge in [-0.05, 0) is 41.5 Å². The van der Waals surface area contributed by atoms with E-state index in [2.05, 4.69) is 5.32 Å². The Morgan fingerprint density at radius 1 is 1.13 bits per heavy atom. The molecule has 132 valence electrons. The van der Waals surface area contributed by atoms with Crippen LogP contribution in [0, 0.1) is 5.41 Å². The molecule has 0 aliphatic heterocycles. The average molecular weight is 332 g/mol. The SMILES string of the molecule is CC.CC(C)(C)CCc1cc(C(F)(F)F)ccc1CNC(N)=O. The lowest BCUT2D eigenvalue weighted by Gasteiger charge is -2.20. The first-order valence-electron chi connectivity index (χ1n) is 7.71. The number of halogens is 3. The highest BCUT2D eigenvalue weighted by molar-refractivity contribution is 5.71. The lowest BCUT2D eigenvalue weighted by Crippen LogP contribution is -2.29. The number of amides is 2. The molecule has 0 atom stereocenters. The Labute approximate surface area is 136 Å². The second-order valence-electron chi connectivity index (χ2n) is 6.26.